The number of aromatic nitrogens is 1. The lowest BCUT2D eigenvalue weighted by molar-refractivity contribution is 0.0827. The first-order chi connectivity index (χ1) is 15.6. The van der Waals surface area contributed by atoms with E-state index in [4.69, 9.17) is 25.4 Å². The number of ether oxygens (including phenoxy) is 3. The molecule has 3 aromatic rings. The number of nitrogens with zero attached hydrogens (tertiary/aromatic N) is 2. The van der Waals surface area contributed by atoms with Crippen molar-refractivity contribution in [3.05, 3.63) is 70.8 Å². The Kier molecular flexibility index (Phi) is 6.76. The van der Waals surface area contributed by atoms with Gasteiger partial charge in [-0.2, -0.15) is 4.98 Å². The molecule has 0 aliphatic carbocycles. The van der Waals surface area contributed by atoms with Crippen LogP contribution in [0.4, 0.5) is 8.78 Å². The third-order valence-corrected chi connectivity index (χ3v) is 4.62. The summed E-state index contributed by atoms with van der Waals surface area (Å²) in [5.74, 6) is -3.31. The van der Waals surface area contributed by atoms with Crippen LogP contribution in [-0.2, 0) is 0 Å². The van der Waals surface area contributed by atoms with Gasteiger partial charge in [0.05, 0.1) is 7.11 Å². The first-order valence-electron chi connectivity index (χ1n) is 9.67. The summed E-state index contributed by atoms with van der Waals surface area (Å²) in [6, 6.07) is 10.5. The second kappa shape index (κ2) is 9.51. The number of nitrogen functional groups attached to an aromatic ring is 1. The number of methoxy groups -OCH3 is 1. The Morgan fingerprint density at radius 1 is 1.00 bits per heavy atom. The summed E-state index contributed by atoms with van der Waals surface area (Å²) in [7, 11) is 4.55. The van der Waals surface area contributed by atoms with E-state index in [0.29, 0.717) is 5.56 Å². The number of amides is 1. The van der Waals surface area contributed by atoms with Crippen LogP contribution in [0.2, 0.25) is 0 Å². The molecule has 0 aliphatic rings. The minimum absolute atomic E-state index is 0.00661. The summed E-state index contributed by atoms with van der Waals surface area (Å²) in [5, 5.41) is 7.51. The molecule has 0 bridgehead atoms. The average molecular weight is 456 g/mol. The summed E-state index contributed by atoms with van der Waals surface area (Å²) < 4.78 is 45.8. The molecule has 0 aliphatic heterocycles. The molecule has 2 aromatic carbocycles. The van der Waals surface area contributed by atoms with Gasteiger partial charge in [0, 0.05) is 30.8 Å². The Morgan fingerprint density at radius 3 is 2.27 bits per heavy atom. The van der Waals surface area contributed by atoms with E-state index in [0.717, 1.165) is 0 Å². The lowest BCUT2D eigenvalue weighted by Gasteiger charge is -2.16. The second-order valence-electron chi connectivity index (χ2n) is 7.19. The minimum atomic E-state index is -1.04. The highest BCUT2D eigenvalue weighted by molar-refractivity contribution is 5.95. The first-order valence-corrected chi connectivity index (χ1v) is 9.67. The van der Waals surface area contributed by atoms with E-state index in [2.05, 4.69) is 4.98 Å². The number of nitrogens with two attached hydrogens (primary N) is 1. The van der Waals surface area contributed by atoms with Crippen LogP contribution in [0.5, 0.6) is 29.0 Å². The fourth-order valence-corrected chi connectivity index (χ4v) is 2.83. The van der Waals surface area contributed by atoms with E-state index in [1.807, 2.05) is 0 Å². The summed E-state index contributed by atoms with van der Waals surface area (Å²) in [6.45, 7) is 1.21. The molecule has 3 N–H and O–H groups in total. The molecule has 1 heterocycles. The van der Waals surface area contributed by atoms with E-state index < -0.39 is 23.4 Å². The number of rotatable bonds is 7. The van der Waals surface area contributed by atoms with Gasteiger partial charge in [-0.15, -0.1) is 0 Å². The maximum Gasteiger partial charge on any atom is 0.259 e. The molecular weight excluding hydrogens is 434 g/mol. The van der Waals surface area contributed by atoms with Crippen molar-refractivity contribution in [3.8, 4) is 29.0 Å². The van der Waals surface area contributed by atoms with Crippen molar-refractivity contribution in [2.75, 3.05) is 21.2 Å². The van der Waals surface area contributed by atoms with Crippen molar-refractivity contribution in [3.63, 3.8) is 0 Å². The highest BCUT2D eigenvalue weighted by Crippen LogP contribution is 2.36. The lowest BCUT2D eigenvalue weighted by Crippen LogP contribution is -2.21. The molecule has 0 unspecified atom stereocenters. The Bertz CT molecular complexity index is 1230. The molecule has 1 aromatic heterocycles. The molecule has 0 spiro atoms. The van der Waals surface area contributed by atoms with Gasteiger partial charge < -0.3 is 24.8 Å². The smallest absolute Gasteiger partial charge is 0.259 e. The minimum Gasteiger partial charge on any atom is -0.493 e. The van der Waals surface area contributed by atoms with Crippen molar-refractivity contribution in [2.45, 2.75) is 6.92 Å². The summed E-state index contributed by atoms with van der Waals surface area (Å²) in [5.41, 5.74) is 5.72. The molecule has 0 saturated carbocycles. The SMILES string of the molecule is COc1ccc(C(=O)N(C)C)cc1Oc1nc(Oc2cccc(C(=N)N)c2)c(F)c(C)c1F. The maximum atomic E-state index is 14.8. The topological polar surface area (TPSA) is 111 Å². The van der Waals surface area contributed by atoms with Gasteiger partial charge in [-0.25, -0.2) is 8.78 Å². The van der Waals surface area contributed by atoms with E-state index in [1.54, 1.807) is 26.2 Å². The molecule has 3 rings (SSSR count). The highest BCUT2D eigenvalue weighted by Gasteiger charge is 2.22. The Morgan fingerprint density at radius 2 is 1.67 bits per heavy atom. The van der Waals surface area contributed by atoms with Gasteiger partial charge in [0.2, 0.25) is 0 Å². The number of hydrogen-bond acceptors (Lipinski definition) is 6. The van der Waals surface area contributed by atoms with Crippen LogP contribution in [0.1, 0.15) is 21.5 Å². The number of pyridine rings is 1. The zero-order valence-corrected chi connectivity index (χ0v) is 18.4. The fraction of sp³-hybridized carbons (Fsp3) is 0.174. The first kappa shape index (κ1) is 23.5. The van der Waals surface area contributed by atoms with Crippen molar-refractivity contribution in [2.24, 2.45) is 5.73 Å². The Labute approximate surface area is 189 Å². The largest absolute Gasteiger partial charge is 0.493 e. The predicted octanol–water partition coefficient (Wildman–Crippen LogP) is 4.25. The van der Waals surface area contributed by atoms with Gasteiger partial charge >= 0.3 is 0 Å². The van der Waals surface area contributed by atoms with Crippen molar-refractivity contribution in [1.82, 2.24) is 9.88 Å². The summed E-state index contributed by atoms with van der Waals surface area (Å²) in [4.78, 5) is 17.5. The Hall–Kier alpha value is -4.21. The lowest BCUT2D eigenvalue weighted by atomic mass is 10.2. The summed E-state index contributed by atoms with van der Waals surface area (Å²) in [6.07, 6.45) is 0. The van der Waals surface area contributed by atoms with E-state index in [9.17, 15) is 13.6 Å². The van der Waals surface area contributed by atoms with Gasteiger partial charge in [0.15, 0.2) is 23.1 Å². The summed E-state index contributed by atoms with van der Waals surface area (Å²) >= 11 is 0. The van der Waals surface area contributed by atoms with E-state index in [1.165, 1.54) is 49.3 Å². The molecule has 0 fully saturated rings. The van der Waals surface area contributed by atoms with Crippen molar-refractivity contribution in [1.29, 1.82) is 5.41 Å². The number of benzene rings is 2. The van der Waals surface area contributed by atoms with Crippen LogP contribution in [0.25, 0.3) is 0 Å². The van der Waals surface area contributed by atoms with Crippen molar-refractivity contribution >= 4 is 11.7 Å². The quantitative estimate of drug-likeness (QED) is 0.406. The van der Waals surface area contributed by atoms with Gasteiger partial charge in [-0.05, 0) is 37.3 Å². The standard InChI is InChI=1S/C23H22F2N4O4/c1-12-18(24)21(32-15-7-5-6-13(10-15)20(26)27)28-22(19(12)25)33-17-11-14(23(30)29(2)3)8-9-16(17)31-4/h5-11H,1-4H3,(H3,26,27). The normalized spacial score (nSPS) is 10.5. The fourth-order valence-electron chi connectivity index (χ4n) is 2.83. The molecule has 8 nitrogen and oxygen atoms in total. The zero-order chi connectivity index (χ0) is 24.3. The highest BCUT2D eigenvalue weighted by atomic mass is 19.1. The van der Waals surface area contributed by atoms with Crippen LogP contribution in [-0.4, -0.2) is 42.8 Å². The zero-order valence-electron chi connectivity index (χ0n) is 18.4. The molecule has 0 atom stereocenters. The molecule has 33 heavy (non-hydrogen) atoms. The van der Waals surface area contributed by atoms with Crippen LogP contribution >= 0.6 is 0 Å². The van der Waals surface area contributed by atoms with Gasteiger partial charge in [0.25, 0.3) is 17.7 Å². The number of nitrogens with one attached hydrogen (secondary N) is 1. The maximum absolute atomic E-state index is 14.8. The van der Waals surface area contributed by atoms with Crippen molar-refractivity contribution < 1.29 is 27.8 Å². The molecule has 172 valence electrons. The second-order valence-corrected chi connectivity index (χ2v) is 7.19. The van der Waals surface area contributed by atoms with Gasteiger partial charge in [-0.1, -0.05) is 12.1 Å². The number of halogens is 2. The molecule has 1 amide bonds. The molecular formula is C23H22F2N4O4. The number of carbonyl (C=O) groups excluding carboxylic acids is 1. The number of amidine groups is 1. The number of carbonyl (C=O) groups is 1. The van der Waals surface area contributed by atoms with Gasteiger partial charge in [-0.3, -0.25) is 10.2 Å². The third kappa shape index (κ3) is 5.00. The van der Waals surface area contributed by atoms with Crippen LogP contribution in [0, 0.1) is 24.0 Å². The molecule has 10 heteroatoms. The average Bonchev–Trinajstić information content (AvgIpc) is 2.80. The van der Waals surface area contributed by atoms with E-state index in [-0.39, 0.29) is 40.1 Å². The van der Waals surface area contributed by atoms with Gasteiger partial charge in [0.1, 0.15) is 11.6 Å². The monoisotopic (exact) mass is 456 g/mol. The number of hydrogen-bond donors (Lipinski definition) is 2. The van der Waals surface area contributed by atoms with E-state index >= 15 is 0 Å². The van der Waals surface area contributed by atoms with Crippen LogP contribution < -0.4 is 19.9 Å². The molecule has 0 saturated heterocycles. The Balaban J connectivity index is 2.02. The molecule has 0 radical (unpaired) electrons. The third-order valence-electron chi connectivity index (χ3n) is 4.62. The predicted molar refractivity (Wildman–Crippen MR) is 118 cm³/mol. The van der Waals surface area contributed by atoms with Crippen LogP contribution in [0.3, 0.4) is 0 Å². The van der Waals surface area contributed by atoms with Crippen LogP contribution in [0.15, 0.2) is 42.5 Å².